The Kier molecular flexibility index (Phi) is 5.35. The van der Waals surface area contributed by atoms with Crippen LogP contribution in [-0.4, -0.2) is 38.6 Å². The molecule has 0 aliphatic carbocycles. The van der Waals surface area contributed by atoms with E-state index in [4.69, 9.17) is 0 Å². The maximum atomic E-state index is 13.8. The van der Waals surface area contributed by atoms with E-state index in [1.807, 2.05) is 13.0 Å². The average Bonchev–Trinajstić information content (AvgIpc) is 2.90. The molecular formula is C15H23FN2O2S. The van der Waals surface area contributed by atoms with Crippen molar-refractivity contribution >= 4 is 10.0 Å². The number of benzene rings is 1. The first-order valence-electron chi connectivity index (χ1n) is 7.34. The van der Waals surface area contributed by atoms with E-state index in [1.54, 1.807) is 12.1 Å². The van der Waals surface area contributed by atoms with Gasteiger partial charge in [-0.2, -0.15) is 0 Å². The van der Waals surface area contributed by atoms with Crippen LogP contribution in [0.25, 0.3) is 0 Å². The molecule has 21 heavy (non-hydrogen) atoms. The van der Waals surface area contributed by atoms with Crippen molar-refractivity contribution in [3.8, 4) is 0 Å². The molecule has 0 aromatic heterocycles. The van der Waals surface area contributed by atoms with Crippen LogP contribution in [-0.2, 0) is 10.0 Å². The molecule has 1 saturated heterocycles. The van der Waals surface area contributed by atoms with E-state index in [1.165, 1.54) is 16.6 Å². The highest BCUT2D eigenvalue weighted by atomic mass is 32.2. The molecule has 0 amide bonds. The Morgan fingerprint density at radius 2 is 2.14 bits per heavy atom. The number of rotatable bonds is 6. The van der Waals surface area contributed by atoms with E-state index < -0.39 is 10.0 Å². The van der Waals surface area contributed by atoms with E-state index in [9.17, 15) is 12.8 Å². The highest BCUT2D eigenvalue weighted by molar-refractivity contribution is 7.88. The Bertz CT molecular complexity index is 577. The maximum Gasteiger partial charge on any atom is 0.211 e. The first-order chi connectivity index (χ1) is 9.91. The summed E-state index contributed by atoms with van der Waals surface area (Å²) in [6.45, 7) is 3.86. The summed E-state index contributed by atoms with van der Waals surface area (Å²) >= 11 is 0. The fraction of sp³-hybridized carbons (Fsp3) is 0.600. The Labute approximate surface area is 126 Å². The molecule has 2 atom stereocenters. The van der Waals surface area contributed by atoms with Crippen LogP contribution in [0.1, 0.15) is 31.4 Å². The maximum absolute atomic E-state index is 13.8. The van der Waals surface area contributed by atoms with E-state index in [0.29, 0.717) is 31.1 Å². The van der Waals surface area contributed by atoms with Gasteiger partial charge in [-0.3, -0.25) is 0 Å². The lowest BCUT2D eigenvalue weighted by molar-refractivity contribution is 0.413. The van der Waals surface area contributed by atoms with Crippen molar-refractivity contribution in [1.82, 2.24) is 9.62 Å². The molecule has 2 unspecified atom stereocenters. The molecule has 1 fully saturated rings. The molecular weight excluding hydrogens is 291 g/mol. The number of sulfonamides is 1. The Hall–Kier alpha value is -0.980. The number of nitrogens with one attached hydrogen (secondary N) is 1. The van der Waals surface area contributed by atoms with Gasteiger partial charge in [0.25, 0.3) is 0 Å². The quantitative estimate of drug-likeness (QED) is 0.875. The molecule has 118 valence electrons. The standard InChI is InChI=1S/C15H23FN2O2S/c1-3-15(13-6-4-5-7-14(13)16)17-10-12-8-9-18(11-12)21(2,19)20/h4-7,12,15,17H,3,8-11H2,1-2H3. The molecule has 2 rings (SSSR count). The predicted octanol–water partition coefficient (Wildman–Crippen LogP) is 2.15. The van der Waals surface area contributed by atoms with Crippen molar-refractivity contribution in [3.05, 3.63) is 35.6 Å². The van der Waals surface area contributed by atoms with Crippen LogP contribution in [0.2, 0.25) is 0 Å². The molecule has 1 aliphatic rings. The second-order valence-corrected chi connectivity index (χ2v) is 7.65. The number of hydrogen-bond acceptors (Lipinski definition) is 3. The smallest absolute Gasteiger partial charge is 0.211 e. The Morgan fingerprint density at radius 1 is 1.43 bits per heavy atom. The van der Waals surface area contributed by atoms with Gasteiger partial charge < -0.3 is 5.32 Å². The van der Waals surface area contributed by atoms with Crippen molar-refractivity contribution in [2.75, 3.05) is 25.9 Å². The zero-order chi connectivity index (χ0) is 15.5. The summed E-state index contributed by atoms with van der Waals surface area (Å²) in [5.41, 5.74) is 0.679. The van der Waals surface area contributed by atoms with Crippen LogP contribution in [0.4, 0.5) is 4.39 Å². The van der Waals surface area contributed by atoms with Gasteiger partial charge in [0.2, 0.25) is 10.0 Å². The van der Waals surface area contributed by atoms with Gasteiger partial charge in [-0.15, -0.1) is 0 Å². The molecule has 4 nitrogen and oxygen atoms in total. The zero-order valence-electron chi connectivity index (χ0n) is 12.5. The minimum absolute atomic E-state index is 0.0292. The van der Waals surface area contributed by atoms with Crippen molar-refractivity contribution in [3.63, 3.8) is 0 Å². The van der Waals surface area contributed by atoms with Crippen LogP contribution >= 0.6 is 0 Å². The molecule has 1 N–H and O–H groups in total. The lowest BCUT2D eigenvalue weighted by atomic mass is 10.0. The molecule has 1 heterocycles. The normalized spacial score (nSPS) is 21.6. The number of nitrogens with zero attached hydrogens (tertiary/aromatic N) is 1. The predicted molar refractivity (Wildman–Crippen MR) is 82.0 cm³/mol. The van der Waals surface area contributed by atoms with E-state index in [2.05, 4.69) is 5.32 Å². The third-order valence-corrected chi connectivity index (χ3v) is 5.33. The van der Waals surface area contributed by atoms with Gasteiger partial charge in [0, 0.05) is 24.7 Å². The molecule has 0 radical (unpaired) electrons. The molecule has 0 spiro atoms. The topological polar surface area (TPSA) is 49.4 Å². The third-order valence-electron chi connectivity index (χ3n) is 4.06. The van der Waals surface area contributed by atoms with Gasteiger partial charge in [0.15, 0.2) is 0 Å². The van der Waals surface area contributed by atoms with Crippen LogP contribution in [0.15, 0.2) is 24.3 Å². The summed E-state index contributed by atoms with van der Waals surface area (Å²) in [5, 5.41) is 3.38. The van der Waals surface area contributed by atoms with E-state index >= 15 is 0 Å². The summed E-state index contributed by atoms with van der Waals surface area (Å²) < 4.78 is 38.3. The van der Waals surface area contributed by atoms with Crippen LogP contribution in [0, 0.1) is 11.7 Å². The van der Waals surface area contributed by atoms with Crippen molar-refractivity contribution < 1.29 is 12.8 Å². The SMILES string of the molecule is CCC(NCC1CCN(S(C)(=O)=O)C1)c1ccccc1F. The summed E-state index contributed by atoms with van der Waals surface area (Å²) in [4.78, 5) is 0. The number of halogens is 1. The summed E-state index contributed by atoms with van der Waals surface area (Å²) in [5.74, 6) is 0.0987. The molecule has 1 aromatic rings. The largest absolute Gasteiger partial charge is 0.310 e. The lowest BCUT2D eigenvalue weighted by Gasteiger charge is -2.20. The minimum atomic E-state index is -3.09. The summed E-state index contributed by atoms with van der Waals surface area (Å²) in [7, 11) is -3.09. The van der Waals surface area contributed by atoms with E-state index in [0.717, 1.165) is 12.8 Å². The average molecular weight is 314 g/mol. The van der Waals surface area contributed by atoms with Crippen molar-refractivity contribution in [1.29, 1.82) is 0 Å². The first kappa shape index (κ1) is 16.4. The fourth-order valence-corrected chi connectivity index (χ4v) is 3.72. The molecule has 0 saturated carbocycles. The summed E-state index contributed by atoms with van der Waals surface area (Å²) in [6, 6.07) is 6.77. The number of hydrogen-bond donors (Lipinski definition) is 1. The van der Waals surface area contributed by atoms with Gasteiger partial charge in [0.05, 0.1) is 6.26 Å². The monoisotopic (exact) mass is 314 g/mol. The minimum Gasteiger partial charge on any atom is -0.310 e. The molecule has 1 aromatic carbocycles. The van der Waals surface area contributed by atoms with Gasteiger partial charge >= 0.3 is 0 Å². The van der Waals surface area contributed by atoms with Gasteiger partial charge in [-0.05, 0) is 31.4 Å². The highest BCUT2D eigenvalue weighted by Gasteiger charge is 2.28. The van der Waals surface area contributed by atoms with Crippen LogP contribution < -0.4 is 5.32 Å². The first-order valence-corrected chi connectivity index (χ1v) is 9.19. The zero-order valence-corrected chi connectivity index (χ0v) is 13.4. The van der Waals surface area contributed by atoms with Crippen molar-refractivity contribution in [2.24, 2.45) is 5.92 Å². The lowest BCUT2D eigenvalue weighted by Crippen LogP contribution is -2.31. The molecule has 6 heteroatoms. The van der Waals surface area contributed by atoms with Gasteiger partial charge in [0.1, 0.15) is 5.82 Å². The fourth-order valence-electron chi connectivity index (χ4n) is 2.81. The summed E-state index contributed by atoms with van der Waals surface area (Å²) in [6.07, 6.45) is 2.90. The van der Waals surface area contributed by atoms with Gasteiger partial charge in [-0.1, -0.05) is 25.1 Å². The molecule has 1 aliphatic heterocycles. The third kappa shape index (κ3) is 4.25. The Morgan fingerprint density at radius 3 is 2.71 bits per heavy atom. The molecule has 0 bridgehead atoms. The Balaban J connectivity index is 1.92. The second-order valence-electron chi connectivity index (χ2n) is 5.67. The highest BCUT2D eigenvalue weighted by Crippen LogP contribution is 2.22. The second kappa shape index (κ2) is 6.85. The van der Waals surface area contributed by atoms with Crippen LogP contribution in [0.5, 0.6) is 0 Å². The van der Waals surface area contributed by atoms with Crippen LogP contribution in [0.3, 0.4) is 0 Å². The van der Waals surface area contributed by atoms with Gasteiger partial charge in [-0.25, -0.2) is 17.1 Å². The van der Waals surface area contributed by atoms with Crippen molar-refractivity contribution in [2.45, 2.75) is 25.8 Å². The van der Waals surface area contributed by atoms with E-state index in [-0.39, 0.29) is 11.9 Å².